The highest BCUT2D eigenvalue weighted by atomic mass is 32.2. The van der Waals surface area contributed by atoms with Crippen LogP contribution in [0.2, 0.25) is 0 Å². The molecular formula is C19H18N2O2S. The summed E-state index contributed by atoms with van der Waals surface area (Å²) in [5.74, 6) is 0.433. The molecule has 1 heterocycles. The Hall–Kier alpha value is -2.32. The maximum absolute atomic E-state index is 11.8. The molecule has 0 radical (unpaired) electrons. The van der Waals surface area contributed by atoms with E-state index < -0.39 is 5.97 Å². The predicted molar refractivity (Wildman–Crippen MR) is 94.9 cm³/mol. The summed E-state index contributed by atoms with van der Waals surface area (Å²) in [6.45, 7) is 9.38. The van der Waals surface area contributed by atoms with E-state index in [0.29, 0.717) is 5.69 Å². The summed E-state index contributed by atoms with van der Waals surface area (Å²) < 4.78 is 4.80. The minimum absolute atomic E-state index is 0.283. The van der Waals surface area contributed by atoms with Crippen molar-refractivity contribution in [1.29, 1.82) is 0 Å². The van der Waals surface area contributed by atoms with Crippen molar-refractivity contribution in [3.8, 4) is 11.1 Å². The summed E-state index contributed by atoms with van der Waals surface area (Å²) in [4.78, 5) is 20.7. The van der Waals surface area contributed by atoms with Crippen molar-refractivity contribution in [3.05, 3.63) is 59.2 Å². The van der Waals surface area contributed by atoms with Gasteiger partial charge in [-0.2, -0.15) is 0 Å². The Morgan fingerprint density at radius 3 is 2.58 bits per heavy atom. The fourth-order valence-corrected chi connectivity index (χ4v) is 3.47. The largest absolute Gasteiger partial charge is 0.464 e. The molecule has 0 amide bonds. The van der Waals surface area contributed by atoms with Crippen molar-refractivity contribution in [1.82, 2.24) is 4.98 Å². The number of thioether (sulfide) groups is 1. The van der Waals surface area contributed by atoms with E-state index in [2.05, 4.69) is 9.83 Å². The number of carbonyl (C=O) groups is 1. The number of pyridine rings is 1. The van der Waals surface area contributed by atoms with E-state index >= 15 is 0 Å². The second-order valence-corrected chi connectivity index (χ2v) is 7.02. The third-order valence-electron chi connectivity index (χ3n) is 4.22. The summed E-state index contributed by atoms with van der Waals surface area (Å²) in [6, 6.07) is 10.1. The molecule has 1 saturated carbocycles. The number of esters is 1. The van der Waals surface area contributed by atoms with Crippen molar-refractivity contribution in [3.63, 3.8) is 0 Å². The van der Waals surface area contributed by atoms with Gasteiger partial charge in [-0.25, -0.2) is 16.4 Å². The molecule has 0 aliphatic heterocycles. The number of hydrogen-bond donors (Lipinski definition) is 0. The molecule has 1 aromatic heterocycles. The van der Waals surface area contributed by atoms with Gasteiger partial charge in [0.15, 0.2) is 5.69 Å². The number of nitrogens with zero attached hydrogens (tertiary/aromatic N) is 2. The van der Waals surface area contributed by atoms with Crippen LogP contribution in [0.15, 0.2) is 41.4 Å². The van der Waals surface area contributed by atoms with Crippen LogP contribution in [0.4, 0.5) is 0 Å². The van der Waals surface area contributed by atoms with Gasteiger partial charge in [-0.15, -0.1) is 11.8 Å². The molecular weight excluding hydrogens is 320 g/mol. The number of ether oxygens (including phenoxy) is 1. The van der Waals surface area contributed by atoms with E-state index in [4.69, 9.17) is 11.3 Å². The predicted octanol–water partition coefficient (Wildman–Crippen LogP) is 4.56. The van der Waals surface area contributed by atoms with Crippen molar-refractivity contribution in [2.24, 2.45) is 0 Å². The van der Waals surface area contributed by atoms with Crippen LogP contribution in [0.3, 0.4) is 0 Å². The van der Waals surface area contributed by atoms with Gasteiger partial charge < -0.3 is 9.58 Å². The second kappa shape index (κ2) is 6.66. The Kier molecular flexibility index (Phi) is 4.59. The Balaban J connectivity index is 1.93. The average Bonchev–Trinajstić information content (AvgIpc) is 3.43. The molecule has 1 aliphatic carbocycles. The quantitative estimate of drug-likeness (QED) is 0.455. The zero-order chi connectivity index (χ0) is 17.2. The first-order valence-corrected chi connectivity index (χ1v) is 8.83. The first kappa shape index (κ1) is 16.5. The maximum atomic E-state index is 11.8. The van der Waals surface area contributed by atoms with Crippen molar-refractivity contribution >= 4 is 17.7 Å². The van der Waals surface area contributed by atoms with Crippen LogP contribution in [0.5, 0.6) is 0 Å². The van der Waals surface area contributed by atoms with Gasteiger partial charge in [0.05, 0.1) is 7.11 Å². The zero-order valence-electron chi connectivity index (χ0n) is 13.7. The summed E-state index contributed by atoms with van der Waals surface area (Å²) in [5, 5.41) is 0. The minimum Gasteiger partial charge on any atom is -0.464 e. The number of methoxy groups -OCH3 is 1. The van der Waals surface area contributed by atoms with Crippen LogP contribution >= 0.6 is 11.8 Å². The lowest BCUT2D eigenvalue weighted by Gasteiger charge is -2.09. The van der Waals surface area contributed by atoms with Crippen LogP contribution in [0, 0.1) is 6.57 Å². The van der Waals surface area contributed by atoms with Crippen molar-refractivity contribution in [2.45, 2.75) is 30.2 Å². The Morgan fingerprint density at radius 1 is 1.33 bits per heavy atom. The van der Waals surface area contributed by atoms with Gasteiger partial charge in [0.1, 0.15) is 0 Å². The highest BCUT2D eigenvalue weighted by Gasteiger charge is 2.52. The molecule has 0 unspecified atom stereocenters. The molecule has 5 heteroatoms. The molecule has 0 spiro atoms. The summed E-state index contributed by atoms with van der Waals surface area (Å²) >= 11 is 1.57. The molecule has 3 rings (SSSR count). The molecule has 0 saturated heterocycles. The number of carbonyl (C=O) groups excluding carboxylic acids is 1. The highest BCUT2D eigenvalue weighted by Crippen LogP contribution is 2.49. The summed E-state index contributed by atoms with van der Waals surface area (Å²) in [6.07, 6.45) is 3.59. The highest BCUT2D eigenvalue weighted by molar-refractivity contribution is 7.99. The Bertz CT molecular complexity index is 805. The number of benzene rings is 1. The normalized spacial score (nSPS) is 14.7. The summed E-state index contributed by atoms with van der Waals surface area (Å²) in [7, 11) is 1.36. The fraction of sp³-hybridized carbons (Fsp3) is 0.316. The van der Waals surface area contributed by atoms with Crippen molar-refractivity contribution < 1.29 is 9.53 Å². The van der Waals surface area contributed by atoms with Gasteiger partial charge in [-0.1, -0.05) is 31.2 Å². The fourth-order valence-electron chi connectivity index (χ4n) is 2.67. The molecule has 1 fully saturated rings. The van der Waals surface area contributed by atoms with Crippen LogP contribution < -0.4 is 0 Å². The third kappa shape index (κ3) is 3.02. The molecule has 0 atom stereocenters. The van der Waals surface area contributed by atoms with E-state index in [1.807, 2.05) is 37.3 Å². The molecule has 0 bridgehead atoms. The molecule has 1 aromatic carbocycles. The number of hydrogen-bond acceptors (Lipinski definition) is 4. The maximum Gasteiger partial charge on any atom is 0.357 e. The first-order chi connectivity index (χ1) is 11.6. The average molecular weight is 338 g/mol. The Morgan fingerprint density at radius 2 is 2.04 bits per heavy atom. The standard InChI is InChI=1S/C19H18N2O2S/c1-4-24-16-11-14(12-21-17(16)18(22)23-3)13-5-7-15(8-6-13)19(20-2)9-10-19/h5-8,11-12H,4,9-10H2,1,3H3. The Labute approximate surface area is 146 Å². The van der Waals surface area contributed by atoms with Gasteiger partial charge in [0.2, 0.25) is 0 Å². The van der Waals surface area contributed by atoms with Gasteiger partial charge in [-0.05, 0) is 17.4 Å². The minimum atomic E-state index is -0.416. The molecule has 1 aliphatic rings. The van der Waals surface area contributed by atoms with Crippen LogP contribution in [0.25, 0.3) is 16.0 Å². The lowest BCUT2D eigenvalue weighted by atomic mass is 10.0. The smallest absolute Gasteiger partial charge is 0.357 e. The SMILES string of the molecule is [C-]#[N+]C1(c2ccc(-c3cnc(C(=O)OC)c(SCC)c3)cc2)CC1. The van der Waals surface area contributed by atoms with Gasteiger partial charge in [-0.3, -0.25) is 0 Å². The third-order valence-corrected chi connectivity index (χ3v) is 5.14. The van der Waals surface area contributed by atoms with E-state index in [-0.39, 0.29) is 5.54 Å². The molecule has 24 heavy (non-hydrogen) atoms. The molecule has 0 N–H and O–H groups in total. The molecule has 4 nitrogen and oxygen atoms in total. The van der Waals surface area contributed by atoms with Crippen LogP contribution in [-0.4, -0.2) is 23.8 Å². The molecule has 2 aromatic rings. The van der Waals surface area contributed by atoms with Gasteiger partial charge in [0, 0.05) is 35.1 Å². The van der Waals surface area contributed by atoms with Crippen LogP contribution in [-0.2, 0) is 10.3 Å². The number of aromatic nitrogens is 1. The lowest BCUT2D eigenvalue weighted by molar-refractivity contribution is 0.0589. The number of rotatable bonds is 5. The van der Waals surface area contributed by atoms with E-state index in [1.54, 1.807) is 18.0 Å². The topological polar surface area (TPSA) is 43.5 Å². The zero-order valence-corrected chi connectivity index (χ0v) is 14.5. The van der Waals surface area contributed by atoms with E-state index in [1.165, 1.54) is 7.11 Å². The van der Waals surface area contributed by atoms with Gasteiger partial charge in [0.25, 0.3) is 5.54 Å². The van der Waals surface area contributed by atoms with Crippen molar-refractivity contribution in [2.75, 3.05) is 12.9 Å². The van der Waals surface area contributed by atoms with Crippen LogP contribution in [0.1, 0.15) is 35.8 Å². The van der Waals surface area contributed by atoms with E-state index in [9.17, 15) is 4.79 Å². The first-order valence-electron chi connectivity index (χ1n) is 7.84. The summed E-state index contributed by atoms with van der Waals surface area (Å²) in [5.41, 5.74) is 3.15. The van der Waals surface area contributed by atoms with E-state index in [0.717, 1.165) is 40.2 Å². The monoisotopic (exact) mass is 338 g/mol. The van der Waals surface area contributed by atoms with Gasteiger partial charge >= 0.3 is 5.97 Å². The lowest BCUT2D eigenvalue weighted by Crippen LogP contribution is -2.06. The molecule has 122 valence electrons. The second-order valence-electron chi connectivity index (χ2n) is 5.72.